The summed E-state index contributed by atoms with van der Waals surface area (Å²) < 4.78 is 28.4. The summed E-state index contributed by atoms with van der Waals surface area (Å²) in [4.78, 5) is 13.8. The molecule has 4 aromatic rings. The van der Waals surface area contributed by atoms with Gasteiger partial charge in [-0.05, 0) is 101 Å². The Morgan fingerprint density at radius 2 is 1.95 bits per heavy atom. The zero-order valence-corrected chi connectivity index (χ0v) is 25.1. The van der Waals surface area contributed by atoms with Crippen molar-refractivity contribution < 1.29 is 18.7 Å². The van der Waals surface area contributed by atoms with Gasteiger partial charge in [-0.2, -0.15) is 4.68 Å². The van der Waals surface area contributed by atoms with Gasteiger partial charge < -0.3 is 20.1 Å². The van der Waals surface area contributed by atoms with Crippen LogP contribution in [-0.2, 0) is 11.4 Å². The molecule has 0 radical (unpaired) electrons. The predicted molar refractivity (Wildman–Crippen MR) is 158 cm³/mol. The molecule has 2 N–H and O–H groups in total. The van der Waals surface area contributed by atoms with Gasteiger partial charge in [-0.15, -0.1) is 0 Å². The number of halogens is 3. The summed E-state index contributed by atoms with van der Waals surface area (Å²) >= 11 is 9.80. The van der Waals surface area contributed by atoms with Crippen LogP contribution < -0.4 is 20.1 Å². The highest BCUT2D eigenvalue weighted by atomic mass is 79.9. The molecule has 0 saturated carbocycles. The fraction of sp³-hybridized carbons (Fsp3) is 0.241. The van der Waals surface area contributed by atoms with E-state index in [1.807, 2.05) is 39.0 Å². The molecular formula is C29H27BrClFN6O3. The highest BCUT2D eigenvalue weighted by Gasteiger charge is 2.35. The lowest BCUT2D eigenvalue weighted by atomic mass is 9.94. The fourth-order valence-corrected chi connectivity index (χ4v) is 5.45. The van der Waals surface area contributed by atoms with Gasteiger partial charge in [0, 0.05) is 16.9 Å². The van der Waals surface area contributed by atoms with Crippen LogP contribution in [0.2, 0.25) is 5.02 Å². The molecule has 1 unspecified atom stereocenters. The maximum Gasteiger partial charge on any atom is 0.255 e. The number of anilines is 2. The van der Waals surface area contributed by atoms with Crippen molar-refractivity contribution in [2.24, 2.45) is 0 Å². The Labute approximate surface area is 249 Å². The van der Waals surface area contributed by atoms with Gasteiger partial charge in [-0.3, -0.25) is 4.79 Å². The molecule has 1 aromatic heterocycles. The van der Waals surface area contributed by atoms with Gasteiger partial charge in [0.25, 0.3) is 5.91 Å². The van der Waals surface area contributed by atoms with E-state index in [9.17, 15) is 9.18 Å². The predicted octanol–water partition coefficient (Wildman–Crippen LogP) is 6.75. The Balaban J connectivity index is 1.55. The Kier molecular flexibility index (Phi) is 8.27. The minimum absolute atomic E-state index is 0.115. The van der Waals surface area contributed by atoms with Gasteiger partial charge in [-0.1, -0.05) is 34.9 Å². The molecule has 0 spiro atoms. The van der Waals surface area contributed by atoms with Crippen molar-refractivity contribution in [1.82, 2.24) is 20.2 Å². The monoisotopic (exact) mass is 640 g/mol. The summed E-state index contributed by atoms with van der Waals surface area (Å²) in [5.74, 6) is 0.370. The van der Waals surface area contributed by atoms with Crippen LogP contribution in [-0.4, -0.2) is 32.7 Å². The maximum absolute atomic E-state index is 14.4. The van der Waals surface area contributed by atoms with Crippen molar-refractivity contribution >= 4 is 45.1 Å². The number of hydrogen-bond donors (Lipinski definition) is 2. The van der Waals surface area contributed by atoms with Crippen molar-refractivity contribution in [3.05, 3.63) is 97.4 Å². The molecule has 0 fully saturated rings. The second kappa shape index (κ2) is 11.9. The number of amides is 1. The molecule has 3 aromatic carbocycles. The molecule has 0 aliphatic carbocycles. The molecule has 41 heavy (non-hydrogen) atoms. The topological polar surface area (TPSA) is 103 Å². The smallest absolute Gasteiger partial charge is 0.255 e. The average molecular weight is 642 g/mol. The lowest BCUT2D eigenvalue weighted by Gasteiger charge is -2.29. The third kappa shape index (κ3) is 5.64. The first-order valence-corrected chi connectivity index (χ1v) is 14.0. The molecule has 2 heterocycles. The number of tetrazole rings is 1. The number of nitrogens with one attached hydrogen (secondary N) is 2. The van der Waals surface area contributed by atoms with E-state index in [-0.39, 0.29) is 23.1 Å². The highest BCUT2D eigenvalue weighted by Crippen LogP contribution is 2.43. The number of hydrogen-bond acceptors (Lipinski definition) is 7. The Hall–Kier alpha value is -3.96. The van der Waals surface area contributed by atoms with Gasteiger partial charge in [0.15, 0.2) is 11.5 Å². The lowest BCUT2D eigenvalue weighted by Crippen LogP contribution is -2.31. The van der Waals surface area contributed by atoms with E-state index in [0.29, 0.717) is 51.0 Å². The van der Waals surface area contributed by atoms with Crippen LogP contribution in [0.5, 0.6) is 11.5 Å². The van der Waals surface area contributed by atoms with E-state index >= 15 is 0 Å². The molecular weight excluding hydrogens is 615 g/mol. The second-order valence-electron chi connectivity index (χ2n) is 9.47. The van der Waals surface area contributed by atoms with E-state index in [2.05, 4.69) is 42.1 Å². The Morgan fingerprint density at radius 1 is 1.17 bits per heavy atom. The molecule has 5 rings (SSSR count). The summed E-state index contributed by atoms with van der Waals surface area (Å²) in [5.41, 5.74) is 4.66. The fourth-order valence-electron chi connectivity index (χ4n) is 4.65. The zero-order chi connectivity index (χ0) is 29.3. The van der Waals surface area contributed by atoms with Crippen molar-refractivity contribution in [2.75, 3.05) is 17.2 Å². The molecule has 1 aliphatic heterocycles. The van der Waals surface area contributed by atoms with Gasteiger partial charge in [0.05, 0.1) is 21.7 Å². The van der Waals surface area contributed by atoms with Crippen molar-refractivity contribution in [3.63, 3.8) is 0 Å². The highest BCUT2D eigenvalue weighted by molar-refractivity contribution is 9.10. The standard InChI is InChI=1S/C29H27BrClFN6O3/c1-5-40-24-13-18(12-20(30)27(24)41-14-19-21(31)9-7-10-22(19)32)26-25(17(4)33-29-35-36-37-38(26)29)28(39)34-23-11-6-8-15(2)16(23)3/h6-13,26H,5,14H2,1-4H3,(H,34,39)(H,33,35,37). The number of carbonyl (C=O) groups excluding carboxylic acids is 1. The number of rotatable bonds is 8. The van der Waals surface area contributed by atoms with Crippen LogP contribution in [0.25, 0.3) is 0 Å². The number of carbonyl (C=O) groups is 1. The lowest BCUT2D eigenvalue weighted by molar-refractivity contribution is -0.113. The number of aryl methyl sites for hydroxylation is 1. The number of aromatic nitrogens is 4. The van der Waals surface area contributed by atoms with E-state index in [4.69, 9.17) is 21.1 Å². The van der Waals surface area contributed by atoms with E-state index in [1.54, 1.807) is 29.8 Å². The minimum Gasteiger partial charge on any atom is -0.490 e. The molecule has 12 heteroatoms. The maximum atomic E-state index is 14.4. The summed E-state index contributed by atoms with van der Waals surface area (Å²) in [6.07, 6.45) is 0. The summed E-state index contributed by atoms with van der Waals surface area (Å²) in [6.45, 7) is 7.82. The summed E-state index contributed by atoms with van der Waals surface area (Å²) in [6, 6.07) is 13.1. The molecule has 0 saturated heterocycles. The first-order valence-electron chi connectivity index (χ1n) is 12.8. The number of fused-ring (bicyclic) bond motifs is 1. The molecule has 0 bridgehead atoms. The number of nitrogens with zero attached hydrogens (tertiary/aromatic N) is 4. The van der Waals surface area contributed by atoms with E-state index in [0.717, 1.165) is 11.1 Å². The minimum atomic E-state index is -0.697. The first kappa shape index (κ1) is 28.6. The third-order valence-electron chi connectivity index (χ3n) is 6.88. The zero-order valence-electron chi connectivity index (χ0n) is 22.8. The van der Waals surface area contributed by atoms with Crippen molar-refractivity contribution in [3.8, 4) is 11.5 Å². The number of benzene rings is 3. The van der Waals surface area contributed by atoms with Crippen LogP contribution in [0, 0.1) is 19.7 Å². The Morgan fingerprint density at radius 3 is 2.71 bits per heavy atom. The molecule has 9 nitrogen and oxygen atoms in total. The molecule has 1 aliphatic rings. The molecule has 1 amide bonds. The van der Waals surface area contributed by atoms with Gasteiger partial charge in [0.1, 0.15) is 18.5 Å². The SMILES string of the molecule is CCOc1cc(C2C(C(=O)Nc3cccc(C)c3C)=C(C)Nc3nnnn32)cc(Br)c1OCc1c(F)cccc1Cl. The third-order valence-corrected chi connectivity index (χ3v) is 7.82. The first-order chi connectivity index (χ1) is 19.7. The van der Waals surface area contributed by atoms with E-state index in [1.165, 1.54) is 12.1 Å². The van der Waals surface area contributed by atoms with E-state index < -0.39 is 11.9 Å². The summed E-state index contributed by atoms with van der Waals surface area (Å²) in [7, 11) is 0. The quantitative estimate of drug-likeness (QED) is 0.219. The normalized spacial score (nSPS) is 14.4. The van der Waals surface area contributed by atoms with Crippen LogP contribution in [0.1, 0.15) is 42.1 Å². The number of ether oxygens (including phenoxy) is 2. The van der Waals surface area contributed by atoms with Crippen LogP contribution in [0.3, 0.4) is 0 Å². The average Bonchev–Trinajstić information content (AvgIpc) is 3.39. The molecule has 212 valence electrons. The van der Waals surface area contributed by atoms with Crippen LogP contribution in [0.15, 0.2) is 64.3 Å². The van der Waals surface area contributed by atoms with Crippen molar-refractivity contribution in [2.45, 2.75) is 40.3 Å². The number of allylic oxidation sites excluding steroid dienone is 1. The Bertz CT molecular complexity index is 1650. The second-order valence-corrected chi connectivity index (χ2v) is 10.7. The van der Waals surface area contributed by atoms with Crippen LogP contribution >= 0.6 is 27.5 Å². The molecule has 1 atom stereocenters. The van der Waals surface area contributed by atoms with Crippen LogP contribution in [0.4, 0.5) is 16.0 Å². The largest absolute Gasteiger partial charge is 0.490 e. The van der Waals surface area contributed by atoms with Gasteiger partial charge in [0.2, 0.25) is 5.95 Å². The summed E-state index contributed by atoms with van der Waals surface area (Å²) in [5, 5.41) is 18.5. The van der Waals surface area contributed by atoms with Gasteiger partial charge >= 0.3 is 0 Å². The van der Waals surface area contributed by atoms with Crippen molar-refractivity contribution in [1.29, 1.82) is 0 Å². The van der Waals surface area contributed by atoms with Gasteiger partial charge in [-0.25, -0.2) is 4.39 Å².